The van der Waals surface area contributed by atoms with Crippen LogP contribution in [-0.2, 0) is 0 Å². The Hall–Kier alpha value is -3.26. The van der Waals surface area contributed by atoms with Crippen molar-refractivity contribution in [3.8, 4) is 34.3 Å². The summed E-state index contributed by atoms with van der Waals surface area (Å²) < 4.78 is 18.3. The topological polar surface area (TPSA) is 77.6 Å². The van der Waals surface area contributed by atoms with E-state index in [9.17, 15) is 5.11 Å². The van der Waals surface area contributed by atoms with Gasteiger partial charge in [0.2, 0.25) is 10.6 Å². The lowest BCUT2D eigenvalue weighted by Crippen LogP contribution is -2.14. The second-order valence-corrected chi connectivity index (χ2v) is 7.17. The van der Waals surface area contributed by atoms with E-state index in [-0.39, 0.29) is 5.75 Å². The van der Waals surface area contributed by atoms with Crippen LogP contribution < -0.4 is 19.0 Å². The molecule has 3 aromatic rings. The van der Waals surface area contributed by atoms with E-state index in [2.05, 4.69) is 4.99 Å². The molecular weight excluding hydrogens is 402 g/mol. The molecule has 0 aliphatic rings. The van der Waals surface area contributed by atoms with Crippen LogP contribution in [0.25, 0.3) is 11.3 Å². The first kappa shape index (κ1) is 21.4. The van der Waals surface area contributed by atoms with Crippen LogP contribution in [0.15, 0.2) is 51.9 Å². The van der Waals surface area contributed by atoms with E-state index in [1.54, 1.807) is 33.5 Å². The van der Waals surface area contributed by atoms with Gasteiger partial charge in [0.25, 0.3) is 0 Å². The van der Waals surface area contributed by atoms with Gasteiger partial charge in [-0.05, 0) is 55.8 Å². The molecule has 0 amide bonds. The van der Waals surface area contributed by atoms with Gasteiger partial charge in [0.15, 0.2) is 11.5 Å². The molecule has 1 aromatic heterocycles. The summed E-state index contributed by atoms with van der Waals surface area (Å²) in [6.07, 6.45) is 0. The molecule has 0 unspecified atom stereocenters. The van der Waals surface area contributed by atoms with Gasteiger partial charge in [-0.2, -0.15) is 5.10 Å². The van der Waals surface area contributed by atoms with Crippen molar-refractivity contribution in [3.63, 3.8) is 0 Å². The Kier molecular flexibility index (Phi) is 6.79. The van der Waals surface area contributed by atoms with Crippen LogP contribution in [0.2, 0.25) is 0 Å². The Morgan fingerprint density at radius 2 is 1.67 bits per heavy atom. The highest BCUT2D eigenvalue weighted by atomic mass is 32.1. The zero-order valence-corrected chi connectivity index (χ0v) is 18.5. The van der Waals surface area contributed by atoms with Crippen LogP contribution in [0.1, 0.15) is 19.4 Å². The number of aromatic hydroxyl groups is 1. The highest BCUT2D eigenvalue weighted by Crippen LogP contribution is 2.41. The molecule has 0 aliphatic carbocycles. The summed E-state index contributed by atoms with van der Waals surface area (Å²) in [5.41, 5.74) is 3.41. The van der Waals surface area contributed by atoms with E-state index < -0.39 is 0 Å². The molecule has 2 aromatic carbocycles. The molecule has 8 heteroatoms. The molecule has 0 fully saturated rings. The minimum absolute atomic E-state index is 0.217. The average Bonchev–Trinajstić information content (AvgIpc) is 3.15. The molecule has 158 valence electrons. The zero-order valence-electron chi connectivity index (χ0n) is 17.7. The van der Waals surface area contributed by atoms with Crippen LogP contribution in [0, 0.1) is 0 Å². The first-order chi connectivity index (χ1) is 14.5. The van der Waals surface area contributed by atoms with Gasteiger partial charge in [-0.25, -0.2) is 4.68 Å². The normalized spacial score (nSPS) is 12.2. The minimum Gasteiger partial charge on any atom is -0.508 e. The van der Waals surface area contributed by atoms with Gasteiger partial charge >= 0.3 is 0 Å². The molecule has 1 N–H and O–H groups in total. The van der Waals surface area contributed by atoms with Gasteiger partial charge < -0.3 is 19.3 Å². The summed E-state index contributed by atoms with van der Waals surface area (Å²) in [6.45, 7) is 4.55. The molecule has 1 heterocycles. The molecule has 0 radical (unpaired) electrons. The van der Waals surface area contributed by atoms with Gasteiger partial charge in [0, 0.05) is 17.5 Å². The van der Waals surface area contributed by atoms with Crippen LogP contribution in [0.3, 0.4) is 0 Å². The molecule has 0 aliphatic heterocycles. The molecule has 30 heavy (non-hydrogen) atoms. The van der Waals surface area contributed by atoms with Crippen molar-refractivity contribution < 1.29 is 19.3 Å². The molecule has 0 spiro atoms. The van der Waals surface area contributed by atoms with E-state index >= 15 is 0 Å². The maximum atomic E-state index is 9.55. The van der Waals surface area contributed by atoms with Crippen molar-refractivity contribution in [1.82, 2.24) is 4.68 Å². The molecule has 0 saturated heterocycles. The lowest BCUT2D eigenvalue weighted by atomic mass is 10.1. The Bertz CT molecular complexity index is 1090. The predicted octanol–water partition coefficient (Wildman–Crippen LogP) is 4.14. The molecule has 3 rings (SSSR count). The van der Waals surface area contributed by atoms with Crippen LogP contribution in [0.4, 0.5) is 0 Å². The highest BCUT2D eigenvalue weighted by molar-refractivity contribution is 7.07. The molecular formula is C22H25N3O4S. The van der Waals surface area contributed by atoms with Gasteiger partial charge in [0.1, 0.15) is 5.75 Å². The largest absolute Gasteiger partial charge is 0.508 e. The monoisotopic (exact) mass is 427 g/mol. The number of hydrogen-bond acceptors (Lipinski definition) is 7. The number of methoxy groups -OCH3 is 3. The van der Waals surface area contributed by atoms with Crippen molar-refractivity contribution in [2.75, 3.05) is 27.9 Å². The SMILES string of the molecule is CCN=c1scc(-c2cc(OC)c(OC)c(OC)c2)n1N=C(C)c1ccc(O)cc1. The predicted molar refractivity (Wildman–Crippen MR) is 119 cm³/mol. The number of aromatic nitrogens is 1. The van der Waals surface area contributed by atoms with Crippen molar-refractivity contribution in [2.24, 2.45) is 10.1 Å². The number of phenols is 1. The number of hydrogen-bond donors (Lipinski definition) is 1. The number of benzene rings is 2. The summed E-state index contributed by atoms with van der Waals surface area (Å²) >= 11 is 1.51. The summed E-state index contributed by atoms with van der Waals surface area (Å²) in [5, 5.41) is 16.4. The number of ether oxygens (including phenoxy) is 3. The minimum atomic E-state index is 0.217. The Labute approximate surface area is 179 Å². The maximum absolute atomic E-state index is 9.55. The highest BCUT2D eigenvalue weighted by Gasteiger charge is 2.17. The molecule has 7 nitrogen and oxygen atoms in total. The lowest BCUT2D eigenvalue weighted by Gasteiger charge is -2.14. The van der Waals surface area contributed by atoms with Crippen molar-refractivity contribution >= 4 is 17.0 Å². The average molecular weight is 428 g/mol. The third-order valence-corrected chi connectivity index (χ3v) is 5.33. The zero-order chi connectivity index (χ0) is 21.7. The molecule has 0 atom stereocenters. The third kappa shape index (κ3) is 4.33. The summed E-state index contributed by atoms with van der Waals surface area (Å²) in [6, 6.07) is 10.7. The quantitative estimate of drug-likeness (QED) is 0.575. The van der Waals surface area contributed by atoms with E-state index in [1.807, 2.05) is 48.2 Å². The van der Waals surface area contributed by atoms with E-state index in [1.165, 1.54) is 11.3 Å². The fraction of sp³-hybridized carbons (Fsp3) is 0.273. The first-order valence-electron chi connectivity index (χ1n) is 9.38. The smallest absolute Gasteiger partial charge is 0.206 e. The molecule has 0 saturated carbocycles. The first-order valence-corrected chi connectivity index (χ1v) is 10.3. The van der Waals surface area contributed by atoms with E-state index in [0.717, 1.165) is 27.3 Å². The molecule has 0 bridgehead atoms. The standard InChI is InChI=1S/C22H25N3O4S/c1-6-23-22-25(24-14(2)15-7-9-17(26)10-8-15)18(13-30-22)16-11-19(27-3)21(29-5)20(12-16)28-4/h7-13,26H,6H2,1-5H3. The van der Waals surface area contributed by atoms with Crippen molar-refractivity contribution in [2.45, 2.75) is 13.8 Å². The van der Waals surface area contributed by atoms with E-state index in [0.29, 0.717) is 23.8 Å². The van der Waals surface area contributed by atoms with Crippen LogP contribution in [-0.4, -0.2) is 43.4 Å². The van der Waals surface area contributed by atoms with Gasteiger partial charge in [-0.15, -0.1) is 11.3 Å². The van der Waals surface area contributed by atoms with Crippen LogP contribution in [0.5, 0.6) is 23.0 Å². The van der Waals surface area contributed by atoms with Crippen molar-refractivity contribution in [1.29, 1.82) is 0 Å². The van der Waals surface area contributed by atoms with Gasteiger partial charge in [-0.1, -0.05) is 0 Å². The van der Waals surface area contributed by atoms with E-state index in [4.69, 9.17) is 19.3 Å². The fourth-order valence-corrected chi connectivity index (χ4v) is 3.87. The summed E-state index contributed by atoms with van der Waals surface area (Å²) in [5.74, 6) is 1.89. The van der Waals surface area contributed by atoms with Crippen molar-refractivity contribution in [3.05, 3.63) is 52.1 Å². The number of phenolic OH excluding ortho intramolecular Hbond substituents is 1. The second-order valence-electron chi connectivity index (χ2n) is 6.34. The summed E-state index contributed by atoms with van der Waals surface area (Å²) in [7, 11) is 4.76. The van der Waals surface area contributed by atoms with Gasteiger partial charge in [-0.3, -0.25) is 4.99 Å². The lowest BCUT2D eigenvalue weighted by molar-refractivity contribution is 0.324. The number of thiazole rings is 1. The Balaban J connectivity index is 2.19. The van der Waals surface area contributed by atoms with Crippen LogP contribution >= 0.6 is 11.3 Å². The Morgan fingerprint density at radius 3 is 2.20 bits per heavy atom. The third-order valence-electron chi connectivity index (χ3n) is 4.47. The fourth-order valence-electron chi connectivity index (χ4n) is 2.98. The number of nitrogens with zero attached hydrogens (tertiary/aromatic N) is 3. The number of rotatable bonds is 7. The second kappa shape index (κ2) is 9.49. The van der Waals surface area contributed by atoms with Gasteiger partial charge in [0.05, 0.1) is 32.7 Å². The summed E-state index contributed by atoms with van der Waals surface area (Å²) in [4.78, 5) is 5.36. The maximum Gasteiger partial charge on any atom is 0.206 e. The Morgan fingerprint density at radius 1 is 1.03 bits per heavy atom.